The van der Waals surface area contributed by atoms with Gasteiger partial charge in [-0.3, -0.25) is 0 Å². The predicted molar refractivity (Wildman–Crippen MR) is 121 cm³/mol. The van der Waals surface area contributed by atoms with Crippen LogP contribution >= 0.6 is 0 Å². The summed E-state index contributed by atoms with van der Waals surface area (Å²) in [5.74, 6) is 0. The van der Waals surface area contributed by atoms with E-state index in [2.05, 4.69) is 57.5 Å². The molecule has 156 valence electrons. The first-order chi connectivity index (χ1) is 14.3. The number of anilines is 1. The van der Waals surface area contributed by atoms with Gasteiger partial charge in [0.05, 0.1) is 39.9 Å². The van der Waals surface area contributed by atoms with Gasteiger partial charge in [-0.15, -0.1) is 5.10 Å². The summed E-state index contributed by atoms with van der Waals surface area (Å²) in [5.41, 5.74) is 6.80. The zero-order valence-electron chi connectivity index (χ0n) is 18.3. The Morgan fingerprint density at radius 1 is 1.20 bits per heavy atom. The smallest absolute Gasteiger partial charge is 0.0892 e. The third kappa shape index (κ3) is 2.82. The minimum absolute atomic E-state index is 0.142. The molecule has 0 saturated carbocycles. The lowest BCUT2D eigenvalue weighted by molar-refractivity contribution is 0.0787. The molecule has 30 heavy (non-hydrogen) atoms. The summed E-state index contributed by atoms with van der Waals surface area (Å²) in [5, 5.41) is 24.0. The van der Waals surface area contributed by atoms with Gasteiger partial charge in [0.2, 0.25) is 0 Å². The summed E-state index contributed by atoms with van der Waals surface area (Å²) in [6, 6.07) is 6.87. The van der Waals surface area contributed by atoms with Crippen LogP contribution in [-0.2, 0) is 12.6 Å². The Morgan fingerprint density at radius 2 is 1.93 bits per heavy atom. The molecule has 0 radical (unpaired) electrons. The van der Waals surface area contributed by atoms with Gasteiger partial charge in [0.25, 0.3) is 0 Å². The molecule has 1 atom stereocenters. The topological polar surface area (TPSA) is 67.9 Å². The average Bonchev–Trinajstić information content (AvgIpc) is 3.39. The van der Waals surface area contributed by atoms with E-state index >= 15 is 0 Å². The van der Waals surface area contributed by atoms with Crippen molar-refractivity contribution in [1.29, 1.82) is 0 Å². The van der Waals surface area contributed by atoms with E-state index in [9.17, 15) is 5.11 Å². The molecule has 2 aromatic heterocycles. The highest BCUT2D eigenvalue weighted by Crippen LogP contribution is 2.44. The number of hydrogen-bond donors (Lipinski definition) is 2. The van der Waals surface area contributed by atoms with Crippen molar-refractivity contribution in [3.05, 3.63) is 53.0 Å². The molecule has 1 aliphatic heterocycles. The van der Waals surface area contributed by atoms with Crippen molar-refractivity contribution in [2.45, 2.75) is 58.2 Å². The van der Waals surface area contributed by atoms with Crippen LogP contribution in [0.4, 0.5) is 5.69 Å². The van der Waals surface area contributed by atoms with Crippen LogP contribution in [0.25, 0.3) is 22.6 Å². The van der Waals surface area contributed by atoms with Crippen LogP contribution in [0, 0.1) is 6.92 Å². The number of nitrogens with one attached hydrogen (secondary N) is 1. The maximum atomic E-state index is 10.6. The van der Waals surface area contributed by atoms with Crippen LogP contribution in [0.3, 0.4) is 0 Å². The second kappa shape index (κ2) is 6.57. The third-order valence-corrected chi connectivity index (χ3v) is 6.49. The highest BCUT2D eigenvalue weighted by Gasteiger charge is 2.30. The van der Waals surface area contributed by atoms with Crippen molar-refractivity contribution in [2.75, 3.05) is 5.32 Å². The number of aromatic nitrogens is 4. The molecule has 0 saturated heterocycles. The van der Waals surface area contributed by atoms with Crippen molar-refractivity contribution in [1.82, 2.24) is 19.6 Å². The minimum atomic E-state index is -0.878. The molecule has 2 N–H and O–H groups in total. The van der Waals surface area contributed by atoms with E-state index in [0.717, 1.165) is 29.8 Å². The molecule has 0 bridgehead atoms. The molecule has 1 aromatic carbocycles. The molecule has 5 rings (SSSR count). The zero-order valence-corrected chi connectivity index (χ0v) is 18.3. The highest BCUT2D eigenvalue weighted by molar-refractivity contribution is 6.04. The van der Waals surface area contributed by atoms with Crippen LogP contribution in [0.15, 0.2) is 30.4 Å². The number of aliphatic hydroxyl groups is 1. The number of allylic oxidation sites excluding steroid dienone is 2. The maximum absolute atomic E-state index is 10.6. The summed E-state index contributed by atoms with van der Waals surface area (Å²) < 4.78 is 4.32. The SMILES string of the molecule is Cc1nnn(C)c1C1=Cc2c(c3ccc(C(C)(C)O)cc3n2C2CC=CC2)NC1C. The van der Waals surface area contributed by atoms with E-state index in [1.165, 1.54) is 27.9 Å². The fourth-order valence-electron chi connectivity index (χ4n) is 4.91. The van der Waals surface area contributed by atoms with Gasteiger partial charge in [0, 0.05) is 24.0 Å². The Morgan fingerprint density at radius 3 is 2.57 bits per heavy atom. The van der Waals surface area contributed by atoms with Gasteiger partial charge in [-0.2, -0.15) is 0 Å². The van der Waals surface area contributed by atoms with Crippen LogP contribution in [0.2, 0.25) is 0 Å². The number of rotatable bonds is 3. The fourth-order valence-corrected chi connectivity index (χ4v) is 4.91. The van der Waals surface area contributed by atoms with Crippen molar-refractivity contribution in [3.63, 3.8) is 0 Å². The van der Waals surface area contributed by atoms with Crippen molar-refractivity contribution in [3.8, 4) is 0 Å². The first-order valence-corrected chi connectivity index (χ1v) is 10.7. The molecule has 3 heterocycles. The van der Waals surface area contributed by atoms with Gasteiger partial charge in [-0.25, -0.2) is 4.68 Å². The molecule has 6 nitrogen and oxygen atoms in total. The number of fused-ring (bicyclic) bond motifs is 3. The molecule has 0 fully saturated rings. The van der Waals surface area contributed by atoms with Crippen molar-refractivity contribution >= 4 is 28.2 Å². The monoisotopic (exact) mass is 403 g/mol. The normalized spacial score (nSPS) is 19.3. The van der Waals surface area contributed by atoms with E-state index in [1.807, 2.05) is 38.6 Å². The van der Waals surface area contributed by atoms with Crippen LogP contribution in [-0.4, -0.2) is 30.7 Å². The predicted octanol–water partition coefficient (Wildman–Crippen LogP) is 4.55. The first-order valence-electron chi connectivity index (χ1n) is 10.7. The standard InChI is InChI=1S/C24H29N5O/c1-14-19(23-15(2)26-27-28(23)5)13-21-22(25-14)18-11-10-16(24(3,4)30)12-20(18)29(21)17-8-6-7-9-17/h6-7,10-14,17,25,30H,8-9H2,1-5H3. The molecule has 0 spiro atoms. The van der Waals surface area contributed by atoms with Crippen molar-refractivity contribution in [2.24, 2.45) is 7.05 Å². The van der Waals surface area contributed by atoms with Crippen molar-refractivity contribution < 1.29 is 5.11 Å². The molecular formula is C24H29N5O. The van der Waals surface area contributed by atoms with E-state index in [1.54, 1.807) is 0 Å². The van der Waals surface area contributed by atoms with Gasteiger partial charge in [-0.1, -0.05) is 29.5 Å². The summed E-state index contributed by atoms with van der Waals surface area (Å²) in [6.07, 6.45) is 8.88. The summed E-state index contributed by atoms with van der Waals surface area (Å²) >= 11 is 0. The Hall–Kier alpha value is -2.86. The van der Waals surface area contributed by atoms with Gasteiger partial charge in [0.1, 0.15) is 0 Å². The van der Waals surface area contributed by atoms with Crippen LogP contribution in [0.1, 0.15) is 62.3 Å². The Balaban J connectivity index is 1.79. The first kappa shape index (κ1) is 19.1. The Kier molecular flexibility index (Phi) is 4.19. The average molecular weight is 404 g/mol. The number of nitrogens with zero attached hydrogens (tertiary/aromatic N) is 4. The van der Waals surface area contributed by atoms with Gasteiger partial charge >= 0.3 is 0 Å². The fraction of sp³-hybridized carbons (Fsp3) is 0.417. The molecule has 3 aromatic rings. The second-order valence-electron chi connectivity index (χ2n) is 9.13. The van der Waals surface area contributed by atoms with E-state index < -0.39 is 5.60 Å². The molecular weight excluding hydrogens is 374 g/mol. The molecule has 2 aliphatic rings. The van der Waals surface area contributed by atoms with Gasteiger partial charge < -0.3 is 15.0 Å². The number of benzene rings is 1. The molecule has 6 heteroatoms. The summed E-state index contributed by atoms with van der Waals surface area (Å²) in [6.45, 7) is 7.88. The van der Waals surface area contributed by atoms with Gasteiger partial charge in [-0.05, 0) is 58.2 Å². The summed E-state index contributed by atoms with van der Waals surface area (Å²) in [4.78, 5) is 0. The maximum Gasteiger partial charge on any atom is 0.0892 e. The molecule has 0 amide bonds. The lowest BCUT2D eigenvalue weighted by Gasteiger charge is -2.26. The van der Waals surface area contributed by atoms with E-state index in [-0.39, 0.29) is 6.04 Å². The molecule has 1 aliphatic carbocycles. The number of hydrogen-bond acceptors (Lipinski definition) is 4. The van der Waals surface area contributed by atoms with Crippen LogP contribution < -0.4 is 5.32 Å². The highest BCUT2D eigenvalue weighted by atomic mass is 16.3. The lowest BCUT2D eigenvalue weighted by Crippen LogP contribution is -2.23. The largest absolute Gasteiger partial charge is 0.386 e. The Bertz CT molecular complexity index is 1180. The molecule has 1 unspecified atom stereocenters. The van der Waals surface area contributed by atoms with Crippen LogP contribution in [0.5, 0.6) is 0 Å². The number of aryl methyl sites for hydroxylation is 2. The van der Waals surface area contributed by atoms with E-state index in [0.29, 0.717) is 6.04 Å². The zero-order chi connectivity index (χ0) is 21.2. The van der Waals surface area contributed by atoms with E-state index in [4.69, 9.17) is 0 Å². The minimum Gasteiger partial charge on any atom is -0.386 e. The summed E-state index contributed by atoms with van der Waals surface area (Å²) in [7, 11) is 1.95. The second-order valence-corrected chi connectivity index (χ2v) is 9.13. The van der Waals surface area contributed by atoms with Gasteiger partial charge in [0.15, 0.2) is 0 Å². The Labute approximate surface area is 176 Å². The lowest BCUT2D eigenvalue weighted by atomic mass is 9.96. The quantitative estimate of drug-likeness (QED) is 0.630. The third-order valence-electron chi connectivity index (χ3n) is 6.49.